The van der Waals surface area contributed by atoms with Gasteiger partial charge in [0.15, 0.2) is 0 Å². The largest absolute Gasteiger partial charge is 0.352 e. The number of hydrogen-bond donors (Lipinski definition) is 1. The summed E-state index contributed by atoms with van der Waals surface area (Å²) in [6.07, 6.45) is 0. The van der Waals surface area contributed by atoms with E-state index in [1.165, 1.54) is 28.8 Å². The van der Waals surface area contributed by atoms with Crippen LogP contribution in [0, 0.1) is 10.1 Å². The highest BCUT2D eigenvalue weighted by molar-refractivity contribution is 7.99. The third-order valence-electron chi connectivity index (χ3n) is 4.54. The number of rotatable bonds is 10. The van der Waals surface area contributed by atoms with Crippen molar-refractivity contribution >= 4 is 40.9 Å². The molecule has 0 aliphatic heterocycles. The molecule has 2 aromatic carbocycles. The van der Waals surface area contributed by atoms with Crippen molar-refractivity contribution in [3.63, 3.8) is 0 Å². The number of amides is 2. The highest BCUT2D eigenvalue weighted by Gasteiger charge is 2.26. The Bertz CT molecular complexity index is 921. The lowest BCUT2D eigenvalue weighted by Crippen LogP contribution is -2.49. The van der Waals surface area contributed by atoms with Gasteiger partial charge in [0.1, 0.15) is 6.04 Å². The van der Waals surface area contributed by atoms with Gasteiger partial charge < -0.3 is 10.2 Å². The number of thioether (sulfide) groups is 1. The van der Waals surface area contributed by atoms with Crippen molar-refractivity contribution in [3.05, 3.63) is 74.8 Å². The van der Waals surface area contributed by atoms with Gasteiger partial charge >= 0.3 is 0 Å². The van der Waals surface area contributed by atoms with E-state index in [-0.39, 0.29) is 35.8 Å². The Morgan fingerprint density at radius 1 is 1.13 bits per heavy atom. The molecule has 0 saturated carbocycles. The van der Waals surface area contributed by atoms with Crippen molar-refractivity contribution in [1.29, 1.82) is 0 Å². The summed E-state index contributed by atoms with van der Waals surface area (Å²) in [7, 11) is 0. The number of non-ortho nitro benzene ring substituents is 1. The Morgan fingerprint density at radius 3 is 2.35 bits per heavy atom. The average Bonchev–Trinajstić information content (AvgIpc) is 2.72. The van der Waals surface area contributed by atoms with Gasteiger partial charge in [-0.15, -0.1) is 11.8 Å². The maximum Gasteiger partial charge on any atom is 0.269 e. The second-order valence-electron chi connectivity index (χ2n) is 7.37. The fourth-order valence-electron chi connectivity index (χ4n) is 2.85. The van der Waals surface area contributed by atoms with Crippen LogP contribution in [0.5, 0.6) is 0 Å². The van der Waals surface area contributed by atoms with E-state index >= 15 is 0 Å². The van der Waals surface area contributed by atoms with Gasteiger partial charge in [-0.2, -0.15) is 0 Å². The molecule has 9 heteroatoms. The molecule has 0 spiro atoms. The molecule has 7 nitrogen and oxygen atoms in total. The summed E-state index contributed by atoms with van der Waals surface area (Å²) in [4.78, 5) is 37.4. The molecule has 1 N–H and O–H groups in total. The maximum absolute atomic E-state index is 13.0. The fraction of sp³-hybridized carbons (Fsp3) is 0.364. The molecule has 2 amide bonds. The molecular weight excluding hydrogens is 438 g/mol. The van der Waals surface area contributed by atoms with E-state index in [1.54, 1.807) is 25.1 Å². The quantitative estimate of drug-likeness (QED) is 0.415. The number of carbonyl (C=O) groups is 2. The molecule has 0 aliphatic carbocycles. The van der Waals surface area contributed by atoms with Crippen molar-refractivity contribution in [3.8, 4) is 0 Å². The summed E-state index contributed by atoms with van der Waals surface area (Å²) >= 11 is 7.66. The molecule has 0 heterocycles. The van der Waals surface area contributed by atoms with E-state index in [2.05, 4.69) is 5.32 Å². The van der Waals surface area contributed by atoms with Gasteiger partial charge in [0.2, 0.25) is 11.8 Å². The first-order valence-corrected chi connectivity index (χ1v) is 11.4. The standard InChI is InChI=1S/C22H26ClN3O4S/c1-15(2)24-22(28)16(3)25(12-18-6-4-5-7-20(18)23)21(27)14-31-13-17-8-10-19(11-9-17)26(29)30/h4-11,15-16H,12-14H2,1-3H3,(H,24,28)/t16-/m1/s1. The van der Waals surface area contributed by atoms with E-state index in [0.717, 1.165) is 11.1 Å². The number of nitrogens with zero attached hydrogens (tertiary/aromatic N) is 2. The lowest BCUT2D eigenvalue weighted by Gasteiger charge is -2.29. The monoisotopic (exact) mass is 463 g/mol. The molecule has 0 radical (unpaired) electrons. The number of halogens is 1. The van der Waals surface area contributed by atoms with Crippen LogP contribution in [0.4, 0.5) is 5.69 Å². The van der Waals surface area contributed by atoms with E-state index < -0.39 is 11.0 Å². The molecule has 2 aromatic rings. The Hall–Kier alpha value is -2.58. The van der Waals surface area contributed by atoms with Crippen molar-refractivity contribution in [2.45, 2.75) is 45.2 Å². The minimum Gasteiger partial charge on any atom is -0.352 e. The van der Waals surface area contributed by atoms with Gasteiger partial charge in [0.05, 0.1) is 10.7 Å². The van der Waals surface area contributed by atoms with Gasteiger partial charge in [-0.1, -0.05) is 41.9 Å². The van der Waals surface area contributed by atoms with Crippen LogP contribution >= 0.6 is 23.4 Å². The van der Waals surface area contributed by atoms with Crippen molar-refractivity contribution < 1.29 is 14.5 Å². The Balaban J connectivity index is 2.06. The number of nitro groups is 1. The van der Waals surface area contributed by atoms with E-state index in [0.29, 0.717) is 10.8 Å². The Kier molecular flexibility index (Phi) is 9.33. The van der Waals surface area contributed by atoms with E-state index in [4.69, 9.17) is 11.6 Å². The molecule has 2 rings (SSSR count). The Labute approximate surface area is 191 Å². The first-order chi connectivity index (χ1) is 14.7. The zero-order chi connectivity index (χ0) is 23.0. The average molecular weight is 464 g/mol. The number of hydrogen-bond acceptors (Lipinski definition) is 5. The van der Waals surface area contributed by atoms with Crippen LogP contribution in [0.1, 0.15) is 31.9 Å². The van der Waals surface area contributed by atoms with Crippen LogP contribution < -0.4 is 5.32 Å². The number of nitrogens with one attached hydrogen (secondary N) is 1. The SMILES string of the molecule is CC(C)NC(=O)[C@@H](C)N(Cc1ccccc1Cl)C(=O)CSCc1ccc([N+](=O)[O-])cc1. The normalized spacial score (nSPS) is 11.8. The molecular formula is C22H26ClN3O4S. The molecule has 31 heavy (non-hydrogen) atoms. The molecule has 0 fully saturated rings. The van der Waals surface area contributed by atoms with Gasteiger partial charge in [-0.05, 0) is 38.0 Å². The van der Waals surface area contributed by atoms with Gasteiger partial charge in [-0.25, -0.2) is 0 Å². The number of nitro benzene ring substituents is 1. The molecule has 0 bridgehead atoms. The minimum absolute atomic E-state index is 0.0285. The van der Waals surface area contributed by atoms with Crippen LogP contribution in [-0.4, -0.2) is 39.5 Å². The second kappa shape index (κ2) is 11.7. The summed E-state index contributed by atoms with van der Waals surface area (Å²) in [5.74, 6) is 0.283. The van der Waals surface area contributed by atoms with Crippen molar-refractivity contribution in [1.82, 2.24) is 10.2 Å². The molecule has 0 aliphatic rings. The van der Waals surface area contributed by atoms with Gasteiger partial charge in [0, 0.05) is 35.5 Å². The van der Waals surface area contributed by atoms with Crippen molar-refractivity contribution in [2.24, 2.45) is 0 Å². The highest BCUT2D eigenvalue weighted by Crippen LogP contribution is 2.21. The summed E-state index contributed by atoms with van der Waals surface area (Å²) in [5, 5.41) is 14.1. The Morgan fingerprint density at radius 2 is 1.77 bits per heavy atom. The molecule has 0 unspecified atom stereocenters. The molecule has 166 valence electrons. The van der Waals surface area contributed by atoms with Crippen LogP contribution in [0.3, 0.4) is 0 Å². The first kappa shape index (κ1) is 24.7. The zero-order valence-electron chi connectivity index (χ0n) is 17.7. The predicted molar refractivity (Wildman–Crippen MR) is 124 cm³/mol. The first-order valence-electron chi connectivity index (χ1n) is 9.83. The van der Waals surface area contributed by atoms with E-state index in [1.807, 2.05) is 32.0 Å². The summed E-state index contributed by atoms with van der Waals surface area (Å²) in [6.45, 7) is 5.66. The van der Waals surface area contributed by atoms with E-state index in [9.17, 15) is 19.7 Å². The number of benzene rings is 2. The zero-order valence-corrected chi connectivity index (χ0v) is 19.3. The topological polar surface area (TPSA) is 92.6 Å². The summed E-state index contributed by atoms with van der Waals surface area (Å²) in [6, 6.07) is 12.8. The van der Waals surface area contributed by atoms with Gasteiger partial charge in [0.25, 0.3) is 5.69 Å². The van der Waals surface area contributed by atoms with Crippen LogP contribution in [0.15, 0.2) is 48.5 Å². The predicted octanol–water partition coefficient (Wildman–Crippen LogP) is 4.42. The lowest BCUT2D eigenvalue weighted by molar-refractivity contribution is -0.384. The lowest BCUT2D eigenvalue weighted by atomic mass is 10.1. The van der Waals surface area contributed by atoms with Crippen molar-refractivity contribution in [2.75, 3.05) is 5.75 Å². The third kappa shape index (κ3) is 7.56. The van der Waals surface area contributed by atoms with Crippen LogP contribution in [0.2, 0.25) is 5.02 Å². The summed E-state index contributed by atoms with van der Waals surface area (Å²) < 4.78 is 0. The van der Waals surface area contributed by atoms with Gasteiger partial charge in [-0.3, -0.25) is 19.7 Å². The maximum atomic E-state index is 13.0. The number of carbonyl (C=O) groups excluding carboxylic acids is 2. The molecule has 0 saturated heterocycles. The van der Waals surface area contributed by atoms with Crippen LogP contribution in [-0.2, 0) is 21.9 Å². The second-order valence-corrected chi connectivity index (χ2v) is 8.76. The minimum atomic E-state index is -0.661. The summed E-state index contributed by atoms with van der Waals surface area (Å²) in [5.41, 5.74) is 1.68. The smallest absolute Gasteiger partial charge is 0.269 e. The molecule has 0 aromatic heterocycles. The van der Waals surface area contributed by atoms with Crippen LogP contribution in [0.25, 0.3) is 0 Å². The molecule has 1 atom stereocenters. The highest BCUT2D eigenvalue weighted by atomic mass is 35.5. The fourth-order valence-corrected chi connectivity index (χ4v) is 3.92. The third-order valence-corrected chi connectivity index (χ3v) is 5.90.